The number of hydrogen-bond donors (Lipinski definition) is 3. The molecule has 1 unspecified atom stereocenters. The van der Waals surface area contributed by atoms with Gasteiger partial charge in [-0.3, -0.25) is 0 Å². The van der Waals surface area contributed by atoms with E-state index in [2.05, 4.69) is 21.9 Å². The van der Waals surface area contributed by atoms with Crippen LogP contribution >= 0.6 is 8.38 Å². The van der Waals surface area contributed by atoms with Crippen LogP contribution in [0.15, 0.2) is 12.5 Å². The summed E-state index contributed by atoms with van der Waals surface area (Å²) < 4.78 is 1.99. The number of imidazole rings is 1. The Labute approximate surface area is 117 Å². The molecule has 4 N–H and O–H groups in total. The van der Waals surface area contributed by atoms with Crippen molar-refractivity contribution in [3.8, 4) is 0 Å². The summed E-state index contributed by atoms with van der Waals surface area (Å²) in [7, 11) is -1.84. The molecule has 0 amide bonds. The second-order valence-electron chi connectivity index (χ2n) is 5.63. The number of nitrogens with two attached hydrogens (primary N) is 1. The molecule has 0 bridgehead atoms. The van der Waals surface area contributed by atoms with E-state index in [1.165, 1.54) is 0 Å². The van der Waals surface area contributed by atoms with Gasteiger partial charge >= 0.3 is 0 Å². The summed E-state index contributed by atoms with van der Waals surface area (Å²) in [6, 6.07) is 0. The Morgan fingerprint density at radius 2 is 2.20 bits per heavy atom. The van der Waals surface area contributed by atoms with Crippen LogP contribution in [0.25, 0.3) is 11.2 Å². The summed E-state index contributed by atoms with van der Waals surface area (Å²) >= 11 is 0. The maximum absolute atomic E-state index is 9.21. The zero-order chi connectivity index (χ0) is 14.3. The molecule has 108 valence electrons. The third kappa shape index (κ3) is 2.49. The number of aromatic nitrogens is 4. The molecule has 7 nitrogen and oxygen atoms in total. The van der Waals surface area contributed by atoms with Crippen LogP contribution in [0, 0.1) is 11.3 Å². The van der Waals surface area contributed by atoms with E-state index in [0.717, 1.165) is 30.6 Å². The number of rotatable bonds is 5. The molecule has 0 saturated heterocycles. The zero-order valence-electron chi connectivity index (χ0n) is 11.3. The van der Waals surface area contributed by atoms with Gasteiger partial charge in [-0.25, -0.2) is 9.97 Å². The van der Waals surface area contributed by atoms with E-state index in [1.807, 2.05) is 4.57 Å². The minimum atomic E-state index is -1.84. The van der Waals surface area contributed by atoms with Gasteiger partial charge in [0.25, 0.3) is 0 Å². The van der Waals surface area contributed by atoms with E-state index < -0.39 is 8.38 Å². The van der Waals surface area contributed by atoms with E-state index in [4.69, 9.17) is 5.73 Å². The topological polar surface area (TPSA) is 110 Å². The first-order chi connectivity index (χ1) is 9.50. The molecule has 3 rings (SSSR count). The van der Waals surface area contributed by atoms with Gasteiger partial charge in [0.15, 0.2) is 14.0 Å². The monoisotopic (exact) mass is 295 g/mol. The first-order valence-electron chi connectivity index (χ1n) is 6.59. The highest BCUT2D eigenvalue weighted by Gasteiger charge is 2.48. The molecule has 1 aliphatic rings. The first kappa shape index (κ1) is 13.7. The van der Waals surface area contributed by atoms with Gasteiger partial charge in [0.2, 0.25) is 5.95 Å². The summed E-state index contributed by atoms with van der Waals surface area (Å²) in [5.41, 5.74) is 7.23. The standard InChI is InChI=1S/C12H18N5O2P/c1-8(5-20(18)19)12(2-3-12)6-17-7-15-9-4-14-11(13)16-10(9)17/h4,7-8,18-19H,2-3,5-6H2,1H3,(H2,13,14,16). The van der Waals surface area contributed by atoms with Crippen LogP contribution in [0.2, 0.25) is 0 Å². The van der Waals surface area contributed by atoms with Crippen molar-refractivity contribution in [1.29, 1.82) is 0 Å². The van der Waals surface area contributed by atoms with Crippen molar-refractivity contribution in [3.63, 3.8) is 0 Å². The van der Waals surface area contributed by atoms with Crippen LogP contribution in [0.3, 0.4) is 0 Å². The minimum absolute atomic E-state index is 0.124. The van der Waals surface area contributed by atoms with Gasteiger partial charge in [-0.15, -0.1) is 0 Å². The lowest BCUT2D eigenvalue weighted by Gasteiger charge is -2.24. The fourth-order valence-electron chi connectivity index (χ4n) is 2.73. The van der Waals surface area contributed by atoms with Crippen molar-refractivity contribution in [3.05, 3.63) is 12.5 Å². The second-order valence-corrected chi connectivity index (χ2v) is 6.74. The SMILES string of the molecule is CC(CP(O)O)C1(Cn2cnc3cnc(N)nc32)CC1. The molecule has 0 aliphatic heterocycles. The molecule has 1 atom stereocenters. The average molecular weight is 295 g/mol. The van der Waals surface area contributed by atoms with Crippen molar-refractivity contribution in [2.45, 2.75) is 26.3 Å². The van der Waals surface area contributed by atoms with Crippen LogP contribution < -0.4 is 5.73 Å². The number of fused-ring (bicyclic) bond motifs is 1. The molecule has 1 fully saturated rings. The summed E-state index contributed by atoms with van der Waals surface area (Å²) in [5.74, 6) is 0.506. The van der Waals surface area contributed by atoms with E-state index in [9.17, 15) is 9.79 Å². The zero-order valence-corrected chi connectivity index (χ0v) is 12.2. The molecule has 2 heterocycles. The van der Waals surface area contributed by atoms with Crippen molar-refractivity contribution < 1.29 is 9.79 Å². The van der Waals surface area contributed by atoms with Gasteiger partial charge in [0.1, 0.15) is 5.52 Å². The molecule has 0 aromatic carbocycles. The smallest absolute Gasteiger partial charge is 0.222 e. The van der Waals surface area contributed by atoms with Crippen LogP contribution in [0.5, 0.6) is 0 Å². The molecule has 0 spiro atoms. The Bertz CT molecular complexity index is 625. The highest BCUT2D eigenvalue weighted by molar-refractivity contribution is 7.45. The maximum atomic E-state index is 9.21. The van der Waals surface area contributed by atoms with E-state index in [1.54, 1.807) is 12.5 Å². The Morgan fingerprint density at radius 1 is 1.45 bits per heavy atom. The lowest BCUT2D eigenvalue weighted by atomic mass is 9.92. The van der Waals surface area contributed by atoms with Crippen LogP contribution in [-0.4, -0.2) is 35.5 Å². The molecular formula is C12H18N5O2P. The predicted molar refractivity (Wildman–Crippen MR) is 76.8 cm³/mol. The summed E-state index contributed by atoms with van der Waals surface area (Å²) in [6.45, 7) is 2.86. The highest BCUT2D eigenvalue weighted by Crippen LogP contribution is 2.55. The number of nitrogens with zero attached hydrogens (tertiary/aromatic N) is 4. The Morgan fingerprint density at radius 3 is 2.85 bits per heavy atom. The third-order valence-corrected chi connectivity index (χ3v) is 5.11. The van der Waals surface area contributed by atoms with Gasteiger partial charge in [-0.2, -0.15) is 4.98 Å². The van der Waals surface area contributed by atoms with Gasteiger partial charge in [0.05, 0.1) is 12.5 Å². The number of nitrogen functional groups attached to an aromatic ring is 1. The average Bonchev–Trinajstić information content (AvgIpc) is 3.06. The number of hydrogen-bond acceptors (Lipinski definition) is 6. The second kappa shape index (κ2) is 4.91. The molecule has 1 aliphatic carbocycles. The fourth-order valence-corrected chi connectivity index (χ4v) is 3.61. The summed E-state index contributed by atoms with van der Waals surface area (Å²) in [6.07, 6.45) is 6.03. The van der Waals surface area contributed by atoms with Gasteiger partial charge in [-0.1, -0.05) is 6.92 Å². The Hall–Kier alpha value is -1.30. The maximum Gasteiger partial charge on any atom is 0.222 e. The largest absolute Gasteiger partial charge is 0.368 e. The lowest BCUT2D eigenvalue weighted by molar-refractivity contribution is 0.306. The Balaban J connectivity index is 1.84. The molecule has 0 radical (unpaired) electrons. The van der Waals surface area contributed by atoms with E-state index in [-0.39, 0.29) is 17.3 Å². The fraction of sp³-hybridized carbons (Fsp3) is 0.583. The van der Waals surface area contributed by atoms with Crippen molar-refractivity contribution >= 4 is 25.5 Å². The molecule has 1 saturated carbocycles. The molecule has 2 aromatic heterocycles. The van der Waals surface area contributed by atoms with Gasteiger partial charge in [0, 0.05) is 12.7 Å². The van der Waals surface area contributed by atoms with Crippen molar-refractivity contribution in [2.24, 2.45) is 11.3 Å². The van der Waals surface area contributed by atoms with Gasteiger partial charge in [-0.05, 0) is 24.2 Å². The van der Waals surface area contributed by atoms with E-state index in [0.29, 0.717) is 6.16 Å². The Kier molecular flexibility index (Phi) is 3.36. The third-order valence-electron chi connectivity index (χ3n) is 4.24. The minimum Gasteiger partial charge on any atom is -0.368 e. The number of anilines is 1. The molecule has 20 heavy (non-hydrogen) atoms. The van der Waals surface area contributed by atoms with Gasteiger partial charge < -0.3 is 20.1 Å². The van der Waals surface area contributed by atoms with E-state index >= 15 is 0 Å². The summed E-state index contributed by atoms with van der Waals surface area (Å²) in [4.78, 5) is 30.9. The van der Waals surface area contributed by atoms with Crippen LogP contribution in [-0.2, 0) is 6.54 Å². The molecule has 2 aromatic rings. The normalized spacial score (nSPS) is 18.6. The van der Waals surface area contributed by atoms with Crippen LogP contribution in [0.4, 0.5) is 5.95 Å². The summed E-state index contributed by atoms with van der Waals surface area (Å²) in [5, 5.41) is 0. The predicted octanol–water partition coefficient (Wildman–Crippen LogP) is 1.12. The quantitative estimate of drug-likeness (QED) is 0.713. The lowest BCUT2D eigenvalue weighted by Crippen LogP contribution is -2.22. The first-order valence-corrected chi connectivity index (χ1v) is 8.02. The van der Waals surface area contributed by atoms with Crippen molar-refractivity contribution in [2.75, 3.05) is 11.9 Å². The highest BCUT2D eigenvalue weighted by atomic mass is 31.2. The van der Waals surface area contributed by atoms with Crippen molar-refractivity contribution in [1.82, 2.24) is 19.5 Å². The van der Waals surface area contributed by atoms with Crippen LogP contribution in [0.1, 0.15) is 19.8 Å². The molecular weight excluding hydrogens is 277 g/mol. The molecule has 8 heteroatoms.